The summed E-state index contributed by atoms with van der Waals surface area (Å²) < 4.78 is 15.0. The van der Waals surface area contributed by atoms with Crippen LogP contribution < -0.4 is 5.56 Å². The number of carbonyl (C=O) groups excluding carboxylic acids is 1. The van der Waals surface area contributed by atoms with E-state index >= 15 is 0 Å². The van der Waals surface area contributed by atoms with Crippen LogP contribution in [0.25, 0.3) is 10.9 Å². The van der Waals surface area contributed by atoms with Crippen LogP contribution in [0.4, 0.5) is 4.39 Å². The molecule has 1 amide bonds. The molecule has 1 aromatic carbocycles. The van der Waals surface area contributed by atoms with Crippen molar-refractivity contribution in [1.82, 2.24) is 14.5 Å². The summed E-state index contributed by atoms with van der Waals surface area (Å²) in [5.74, 6) is -0.459. The number of fused-ring (bicyclic) bond motifs is 1. The van der Waals surface area contributed by atoms with Crippen molar-refractivity contribution >= 4 is 16.8 Å². The number of nitrogens with one attached hydrogen (secondary N) is 1. The van der Waals surface area contributed by atoms with Crippen LogP contribution in [0.2, 0.25) is 0 Å². The Bertz CT molecular complexity index is 1030. The average Bonchev–Trinajstić information content (AvgIpc) is 2.91. The van der Waals surface area contributed by atoms with Crippen LogP contribution in [0, 0.1) is 12.7 Å². The highest BCUT2D eigenvalue weighted by atomic mass is 19.1. The fraction of sp³-hybridized carbons (Fsp3) is 0.263. The third-order valence-electron chi connectivity index (χ3n) is 4.97. The maximum atomic E-state index is 13.1. The molecule has 1 N–H and O–H groups in total. The standard InChI is InChI=1S/C19H18FN3O2/c1-11-9-21-18(24)16-14(10-22(2)17(11)16)19(25)23-8-7-15(23)12-3-5-13(20)6-4-12/h3-6,9-10,15H,7-8H2,1-2H3,(H,21,24). The van der Waals surface area contributed by atoms with E-state index < -0.39 is 0 Å². The van der Waals surface area contributed by atoms with E-state index in [9.17, 15) is 14.0 Å². The second-order valence-corrected chi connectivity index (χ2v) is 6.53. The van der Waals surface area contributed by atoms with Crippen LogP contribution in [-0.4, -0.2) is 26.9 Å². The number of hydrogen-bond donors (Lipinski definition) is 1. The summed E-state index contributed by atoms with van der Waals surface area (Å²) in [6.07, 6.45) is 4.21. The van der Waals surface area contributed by atoms with Gasteiger partial charge in [-0.1, -0.05) is 12.1 Å². The molecule has 1 atom stereocenters. The number of halogens is 1. The third kappa shape index (κ3) is 2.36. The number of benzene rings is 1. The predicted octanol–water partition coefficient (Wildman–Crippen LogP) is 2.90. The first kappa shape index (κ1) is 15.6. The molecule has 4 rings (SSSR count). The van der Waals surface area contributed by atoms with Gasteiger partial charge in [0.25, 0.3) is 11.5 Å². The van der Waals surface area contributed by atoms with Crippen molar-refractivity contribution in [2.45, 2.75) is 19.4 Å². The van der Waals surface area contributed by atoms with Gasteiger partial charge in [-0.25, -0.2) is 4.39 Å². The Labute approximate surface area is 143 Å². The van der Waals surface area contributed by atoms with Gasteiger partial charge < -0.3 is 14.5 Å². The molecule has 1 unspecified atom stereocenters. The average molecular weight is 339 g/mol. The summed E-state index contributed by atoms with van der Waals surface area (Å²) in [7, 11) is 1.83. The largest absolute Gasteiger partial charge is 0.349 e. The number of carbonyl (C=O) groups is 1. The minimum Gasteiger partial charge on any atom is -0.349 e. The number of amides is 1. The number of pyridine rings is 1. The summed E-state index contributed by atoms with van der Waals surface area (Å²) in [5, 5.41) is 0.428. The highest BCUT2D eigenvalue weighted by Gasteiger charge is 2.35. The lowest BCUT2D eigenvalue weighted by Gasteiger charge is -2.41. The van der Waals surface area contributed by atoms with Crippen molar-refractivity contribution in [1.29, 1.82) is 0 Å². The second-order valence-electron chi connectivity index (χ2n) is 6.53. The molecule has 0 aliphatic carbocycles. The minimum atomic E-state index is -0.294. The molecule has 3 aromatic rings. The number of likely N-dealkylation sites (tertiary alicyclic amines) is 1. The van der Waals surface area contributed by atoms with Crippen molar-refractivity contribution in [3.05, 3.63) is 69.5 Å². The van der Waals surface area contributed by atoms with Gasteiger partial charge in [-0.15, -0.1) is 0 Å². The lowest BCUT2D eigenvalue weighted by molar-refractivity contribution is 0.0462. The highest BCUT2D eigenvalue weighted by Crippen LogP contribution is 2.35. The molecule has 1 aliphatic heterocycles. The zero-order valence-corrected chi connectivity index (χ0v) is 14.0. The van der Waals surface area contributed by atoms with Gasteiger partial charge in [0.2, 0.25) is 0 Å². The smallest absolute Gasteiger partial charge is 0.258 e. The molecule has 25 heavy (non-hydrogen) atoms. The molecule has 0 radical (unpaired) electrons. The van der Waals surface area contributed by atoms with Gasteiger partial charge in [-0.05, 0) is 36.6 Å². The summed E-state index contributed by atoms with van der Waals surface area (Å²) in [4.78, 5) is 29.8. The lowest BCUT2D eigenvalue weighted by Crippen LogP contribution is -2.45. The van der Waals surface area contributed by atoms with Crippen LogP contribution in [-0.2, 0) is 7.05 Å². The number of nitrogens with zero attached hydrogens (tertiary/aromatic N) is 2. The maximum absolute atomic E-state index is 13.1. The van der Waals surface area contributed by atoms with Crippen LogP contribution in [0.1, 0.15) is 33.9 Å². The van der Waals surface area contributed by atoms with Gasteiger partial charge in [-0.3, -0.25) is 9.59 Å². The summed E-state index contributed by atoms with van der Waals surface area (Å²) in [6.45, 7) is 2.53. The molecule has 2 aromatic heterocycles. The molecule has 1 aliphatic rings. The Morgan fingerprint density at radius 3 is 2.64 bits per heavy atom. The monoisotopic (exact) mass is 339 g/mol. The summed E-state index contributed by atoms with van der Waals surface area (Å²) in [5.41, 5.74) is 2.74. The maximum Gasteiger partial charge on any atom is 0.258 e. The van der Waals surface area contributed by atoms with E-state index in [1.54, 1.807) is 29.4 Å². The molecule has 128 valence electrons. The number of H-pyrrole nitrogens is 1. The van der Waals surface area contributed by atoms with Gasteiger partial charge in [0.1, 0.15) is 5.82 Å². The number of aryl methyl sites for hydroxylation is 2. The number of aromatic nitrogens is 2. The SMILES string of the molecule is Cc1c[nH]c(=O)c2c(C(=O)N3CCC3c3ccc(F)cc3)cn(C)c12. The van der Waals surface area contributed by atoms with Gasteiger partial charge in [0, 0.05) is 26.0 Å². The number of hydrogen-bond acceptors (Lipinski definition) is 2. The molecule has 5 nitrogen and oxygen atoms in total. The Kier molecular flexibility index (Phi) is 3.49. The van der Waals surface area contributed by atoms with Gasteiger partial charge in [-0.2, -0.15) is 0 Å². The van der Waals surface area contributed by atoms with E-state index in [1.165, 1.54) is 12.1 Å². The van der Waals surface area contributed by atoms with E-state index in [-0.39, 0.29) is 23.3 Å². The first-order chi connectivity index (χ1) is 12.0. The van der Waals surface area contributed by atoms with Crippen molar-refractivity contribution < 1.29 is 9.18 Å². The van der Waals surface area contributed by atoms with E-state index in [0.29, 0.717) is 17.5 Å². The van der Waals surface area contributed by atoms with Crippen LogP contribution in [0.5, 0.6) is 0 Å². The van der Waals surface area contributed by atoms with Crippen molar-refractivity contribution in [3.63, 3.8) is 0 Å². The quantitative estimate of drug-likeness (QED) is 0.780. The molecule has 6 heteroatoms. The van der Waals surface area contributed by atoms with Gasteiger partial charge in [0.05, 0.1) is 22.5 Å². The molecule has 0 spiro atoms. The molecule has 0 saturated carbocycles. The van der Waals surface area contributed by atoms with E-state index in [1.807, 2.05) is 18.5 Å². The van der Waals surface area contributed by atoms with E-state index in [4.69, 9.17) is 0 Å². The van der Waals surface area contributed by atoms with Gasteiger partial charge in [0.15, 0.2) is 0 Å². The Morgan fingerprint density at radius 2 is 2.00 bits per heavy atom. The molecular weight excluding hydrogens is 321 g/mol. The van der Waals surface area contributed by atoms with E-state index in [0.717, 1.165) is 23.1 Å². The van der Waals surface area contributed by atoms with Crippen molar-refractivity contribution in [3.8, 4) is 0 Å². The lowest BCUT2D eigenvalue weighted by atomic mass is 9.93. The van der Waals surface area contributed by atoms with Crippen LogP contribution in [0.15, 0.2) is 41.5 Å². The van der Waals surface area contributed by atoms with E-state index in [2.05, 4.69) is 4.98 Å². The summed E-state index contributed by atoms with van der Waals surface area (Å²) in [6, 6.07) is 6.15. The highest BCUT2D eigenvalue weighted by molar-refractivity contribution is 6.07. The number of rotatable bonds is 2. The minimum absolute atomic E-state index is 0.0766. The van der Waals surface area contributed by atoms with Crippen molar-refractivity contribution in [2.75, 3.05) is 6.54 Å². The third-order valence-corrected chi connectivity index (χ3v) is 4.97. The first-order valence-corrected chi connectivity index (χ1v) is 8.21. The molecule has 1 saturated heterocycles. The fourth-order valence-corrected chi connectivity index (χ4v) is 3.62. The Hall–Kier alpha value is -2.89. The summed E-state index contributed by atoms with van der Waals surface area (Å²) >= 11 is 0. The topological polar surface area (TPSA) is 58.1 Å². The van der Waals surface area contributed by atoms with Crippen LogP contribution in [0.3, 0.4) is 0 Å². The number of aromatic amines is 1. The first-order valence-electron chi connectivity index (χ1n) is 8.21. The van der Waals surface area contributed by atoms with Crippen LogP contribution >= 0.6 is 0 Å². The van der Waals surface area contributed by atoms with Gasteiger partial charge >= 0.3 is 0 Å². The Balaban J connectivity index is 1.75. The molecule has 3 heterocycles. The zero-order valence-electron chi connectivity index (χ0n) is 14.0. The predicted molar refractivity (Wildman–Crippen MR) is 93.1 cm³/mol. The Morgan fingerprint density at radius 1 is 1.28 bits per heavy atom. The normalized spacial score (nSPS) is 16.9. The molecular formula is C19H18FN3O2. The second kappa shape index (κ2) is 5.58. The molecule has 0 bridgehead atoms. The zero-order chi connectivity index (χ0) is 17.7. The molecule has 1 fully saturated rings. The fourth-order valence-electron chi connectivity index (χ4n) is 3.62. The van der Waals surface area contributed by atoms with Crippen molar-refractivity contribution in [2.24, 2.45) is 7.05 Å².